The molecule has 2 heterocycles. The third-order valence-corrected chi connectivity index (χ3v) is 5.73. The number of carbonyl (C=O) groups is 2. The summed E-state index contributed by atoms with van der Waals surface area (Å²) in [4.78, 5) is 31.1. The van der Waals surface area contributed by atoms with Crippen LogP contribution < -0.4 is 10.6 Å². The number of carbonyl (C=O) groups excluding carboxylic acids is 2. The van der Waals surface area contributed by atoms with Gasteiger partial charge in [-0.1, -0.05) is 24.3 Å². The number of nitrogens with one attached hydrogen (secondary N) is 3. The Balaban J connectivity index is 1.72. The molecule has 0 fully saturated rings. The van der Waals surface area contributed by atoms with Crippen molar-refractivity contribution in [3.8, 4) is 0 Å². The number of nitrogens with zero attached hydrogens (tertiary/aromatic N) is 1. The molecular formula is C21H26N4O2S. The average Bonchev–Trinajstić information content (AvgIpc) is 3.31. The number of aromatic nitrogens is 1. The number of hydrogen-bond acceptors (Lipinski definition) is 4. The molecule has 0 aliphatic rings. The van der Waals surface area contributed by atoms with Crippen LogP contribution in [0.1, 0.15) is 23.4 Å². The molecule has 0 aliphatic heterocycles. The Kier molecular flexibility index (Phi) is 6.49. The van der Waals surface area contributed by atoms with E-state index in [2.05, 4.69) is 26.6 Å². The number of benzene rings is 1. The van der Waals surface area contributed by atoms with Gasteiger partial charge in [0.1, 0.15) is 6.04 Å². The van der Waals surface area contributed by atoms with Crippen molar-refractivity contribution in [2.45, 2.75) is 25.4 Å². The van der Waals surface area contributed by atoms with Crippen LogP contribution in [0.2, 0.25) is 0 Å². The standard InChI is InChI=1S/C21H26N4O2S/c1-14(26)24-18(11-15-12-22-17-8-5-4-7-16(15)17)21(27)23-13-19(25(2)3)20-9-6-10-28-20/h4-10,12,18-19,22H,11,13H2,1-3H3,(H,23,27)(H,24,26). The van der Waals surface area contributed by atoms with E-state index in [1.807, 2.05) is 56.0 Å². The fraction of sp³-hybridized carbons (Fsp3) is 0.333. The number of aromatic amines is 1. The highest BCUT2D eigenvalue weighted by atomic mass is 32.1. The van der Waals surface area contributed by atoms with E-state index in [0.717, 1.165) is 16.5 Å². The van der Waals surface area contributed by atoms with Crippen LogP contribution in [0.3, 0.4) is 0 Å². The van der Waals surface area contributed by atoms with E-state index in [9.17, 15) is 9.59 Å². The minimum Gasteiger partial charge on any atom is -0.361 e. The van der Waals surface area contributed by atoms with E-state index in [4.69, 9.17) is 0 Å². The smallest absolute Gasteiger partial charge is 0.242 e. The summed E-state index contributed by atoms with van der Waals surface area (Å²) in [6.07, 6.45) is 2.34. The summed E-state index contributed by atoms with van der Waals surface area (Å²) in [6.45, 7) is 1.92. The zero-order chi connectivity index (χ0) is 20.1. The number of fused-ring (bicyclic) bond motifs is 1. The van der Waals surface area contributed by atoms with E-state index in [0.29, 0.717) is 13.0 Å². The Morgan fingerprint density at radius 2 is 1.96 bits per heavy atom. The van der Waals surface area contributed by atoms with Gasteiger partial charge in [0.15, 0.2) is 0 Å². The summed E-state index contributed by atoms with van der Waals surface area (Å²) in [6, 6.07) is 11.5. The number of rotatable bonds is 8. The average molecular weight is 399 g/mol. The van der Waals surface area contributed by atoms with Gasteiger partial charge in [0, 0.05) is 41.9 Å². The van der Waals surface area contributed by atoms with Gasteiger partial charge in [0.05, 0.1) is 6.04 Å². The molecular weight excluding hydrogens is 372 g/mol. The molecule has 0 spiro atoms. The quantitative estimate of drug-likeness (QED) is 0.546. The number of para-hydroxylation sites is 1. The minimum absolute atomic E-state index is 0.0926. The van der Waals surface area contributed by atoms with E-state index in [1.165, 1.54) is 11.8 Å². The SMILES string of the molecule is CC(=O)NC(Cc1c[nH]c2ccccc12)C(=O)NCC(c1cccs1)N(C)C. The molecule has 0 radical (unpaired) electrons. The van der Waals surface area contributed by atoms with Crippen molar-refractivity contribution in [1.82, 2.24) is 20.5 Å². The van der Waals surface area contributed by atoms with Gasteiger partial charge < -0.3 is 20.5 Å². The molecule has 1 aromatic carbocycles. The van der Waals surface area contributed by atoms with Crippen molar-refractivity contribution in [3.05, 3.63) is 58.4 Å². The van der Waals surface area contributed by atoms with E-state index < -0.39 is 6.04 Å². The van der Waals surface area contributed by atoms with Crippen molar-refractivity contribution in [2.75, 3.05) is 20.6 Å². The normalized spacial score (nSPS) is 13.4. The summed E-state index contributed by atoms with van der Waals surface area (Å²) in [5.41, 5.74) is 2.02. The number of likely N-dealkylation sites (N-methyl/N-ethyl adjacent to an activating group) is 1. The molecule has 2 unspecified atom stereocenters. The van der Waals surface area contributed by atoms with Gasteiger partial charge in [0.2, 0.25) is 11.8 Å². The first kappa shape index (κ1) is 20.1. The number of amides is 2. The second-order valence-electron chi connectivity index (χ2n) is 7.06. The van der Waals surface area contributed by atoms with Crippen molar-refractivity contribution in [3.63, 3.8) is 0 Å². The Bertz CT molecular complexity index is 933. The van der Waals surface area contributed by atoms with Gasteiger partial charge in [-0.2, -0.15) is 0 Å². The highest BCUT2D eigenvalue weighted by molar-refractivity contribution is 7.10. The molecule has 2 atom stereocenters. The van der Waals surface area contributed by atoms with Gasteiger partial charge in [-0.3, -0.25) is 9.59 Å². The largest absolute Gasteiger partial charge is 0.361 e. The van der Waals surface area contributed by atoms with Crippen LogP contribution in [0, 0.1) is 0 Å². The van der Waals surface area contributed by atoms with Crippen LogP contribution in [-0.4, -0.2) is 48.4 Å². The summed E-state index contributed by atoms with van der Waals surface area (Å²) < 4.78 is 0. The molecule has 3 rings (SSSR count). The van der Waals surface area contributed by atoms with Gasteiger partial charge in [-0.25, -0.2) is 0 Å². The lowest BCUT2D eigenvalue weighted by molar-refractivity contribution is -0.128. The molecule has 148 valence electrons. The first-order valence-electron chi connectivity index (χ1n) is 9.25. The van der Waals surface area contributed by atoms with Crippen LogP contribution in [0.15, 0.2) is 48.0 Å². The van der Waals surface area contributed by atoms with Gasteiger partial charge in [0.25, 0.3) is 0 Å². The van der Waals surface area contributed by atoms with Crippen LogP contribution in [0.25, 0.3) is 10.9 Å². The highest BCUT2D eigenvalue weighted by Crippen LogP contribution is 2.23. The Morgan fingerprint density at radius 3 is 2.64 bits per heavy atom. The first-order valence-corrected chi connectivity index (χ1v) is 10.1. The zero-order valence-corrected chi connectivity index (χ0v) is 17.2. The van der Waals surface area contributed by atoms with Crippen LogP contribution in [-0.2, 0) is 16.0 Å². The summed E-state index contributed by atoms with van der Waals surface area (Å²) in [5, 5.41) is 8.91. The van der Waals surface area contributed by atoms with Crippen LogP contribution >= 0.6 is 11.3 Å². The molecule has 3 aromatic rings. The molecule has 0 saturated heterocycles. The lowest BCUT2D eigenvalue weighted by Crippen LogP contribution is -2.48. The Morgan fingerprint density at radius 1 is 1.18 bits per heavy atom. The van der Waals surface area contributed by atoms with Crippen LogP contribution in [0.5, 0.6) is 0 Å². The number of hydrogen-bond donors (Lipinski definition) is 3. The fourth-order valence-electron chi connectivity index (χ4n) is 3.31. The van der Waals surface area contributed by atoms with Crippen molar-refractivity contribution >= 4 is 34.1 Å². The third kappa shape index (κ3) is 4.79. The third-order valence-electron chi connectivity index (χ3n) is 4.76. The second-order valence-corrected chi connectivity index (χ2v) is 8.04. The molecule has 6 nitrogen and oxygen atoms in total. The number of H-pyrrole nitrogens is 1. The van der Waals surface area contributed by atoms with Crippen molar-refractivity contribution < 1.29 is 9.59 Å². The lowest BCUT2D eigenvalue weighted by atomic mass is 10.0. The lowest BCUT2D eigenvalue weighted by Gasteiger charge is -2.25. The summed E-state index contributed by atoms with van der Waals surface area (Å²) in [7, 11) is 3.99. The monoisotopic (exact) mass is 398 g/mol. The van der Waals surface area contributed by atoms with Gasteiger partial charge in [-0.15, -0.1) is 11.3 Å². The van der Waals surface area contributed by atoms with Crippen molar-refractivity contribution in [2.24, 2.45) is 0 Å². The Hall–Kier alpha value is -2.64. The maximum atomic E-state index is 12.9. The molecule has 0 saturated carbocycles. The zero-order valence-electron chi connectivity index (χ0n) is 16.4. The summed E-state index contributed by atoms with van der Waals surface area (Å²) >= 11 is 1.67. The van der Waals surface area contributed by atoms with Gasteiger partial charge >= 0.3 is 0 Å². The fourth-order valence-corrected chi connectivity index (χ4v) is 4.24. The van der Waals surface area contributed by atoms with Crippen molar-refractivity contribution in [1.29, 1.82) is 0 Å². The summed E-state index contributed by atoms with van der Waals surface area (Å²) in [5.74, 6) is -0.397. The Labute approximate surface area is 168 Å². The molecule has 7 heteroatoms. The predicted molar refractivity (Wildman–Crippen MR) is 113 cm³/mol. The molecule has 0 aliphatic carbocycles. The molecule has 3 N–H and O–H groups in total. The predicted octanol–water partition coefficient (Wildman–Crippen LogP) is 2.70. The molecule has 2 amide bonds. The van der Waals surface area contributed by atoms with E-state index in [1.54, 1.807) is 11.3 Å². The number of thiophene rings is 1. The maximum absolute atomic E-state index is 12.9. The maximum Gasteiger partial charge on any atom is 0.242 e. The second kappa shape index (κ2) is 9.03. The topological polar surface area (TPSA) is 77.2 Å². The first-order chi connectivity index (χ1) is 13.5. The molecule has 0 bridgehead atoms. The van der Waals surface area contributed by atoms with Gasteiger partial charge in [-0.05, 0) is 37.2 Å². The highest BCUT2D eigenvalue weighted by Gasteiger charge is 2.23. The molecule has 2 aromatic heterocycles. The minimum atomic E-state index is -0.622. The molecule has 28 heavy (non-hydrogen) atoms. The van der Waals surface area contributed by atoms with Crippen LogP contribution in [0.4, 0.5) is 0 Å². The van der Waals surface area contributed by atoms with E-state index >= 15 is 0 Å². The van der Waals surface area contributed by atoms with E-state index in [-0.39, 0.29) is 17.9 Å².